The fourth-order valence-electron chi connectivity index (χ4n) is 1.48. The van der Waals surface area contributed by atoms with Crippen LogP contribution in [0, 0.1) is 0 Å². The van der Waals surface area contributed by atoms with Gasteiger partial charge >= 0.3 is 6.03 Å². The van der Waals surface area contributed by atoms with E-state index in [9.17, 15) is 9.59 Å². The standard InChI is InChI=1S/C12H15Cl2N3O2S/c1-20-5-4-10(17-12(15)19)11(18)16-7-2-3-8(13)9(14)6-7/h2-3,6,10H,4-5H2,1H3,(H,16,18)(H3,15,17,19). The van der Waals surface area contributed by atoms with E-state index in [-0.39, 0.29) is 5.91 Å². The summed E-state index contributed by atoms with van der Waals surface area (Å²) in [6.07, 6.45) is 2.40. The average molecular weight is 336 g/mol. The maximum atomic E-state index is 12.1. The van der Waals surface area contributed by atoms with Gasteiger partial charge in [-0.3, -0.25) is 4.79 Å². The number of rotatable bonds is 6. The summed E-state index contributed by atoms with van der Waals surface area (Å²) < 4.78 is 0. The lowest BCUT2D eigenvalue weighted by Gasteiger charge is -2.17. The fourth-order valence-corrected chi connectivity index (χ4v) is 2.25. The maximum absolute atomic E-state index is 12.1. The van der Waals surface area contributed by atoms with Crippen LogP contribution in [0.25, 0.3) is 0 Å². The molecule has 110 valence electrons. The van der Waals surface area contributed by atoms with Crippen molar-refractivity contribution < 1.29 is 9.59 Å². The molecule has 0 aliphatic carbocycles. The Morgan fingerprint density at radius 1 is 1.35 bits per heavy atom. The Morgan fingerprint density at radius 2 is 2.05 bits per heavy atom. The molecule has 0 heterocycles. The Labute approximate surface area is 131 Å². The number of anilines is 1. The number of halogens is 2. The van der Waals surface area contributed by atoms with Crippen LogP contribution in [0.3, 0.4) is 0 Å². The molecule has 8 heteroatoms. The topological polar surface area (TPSA) is 84.2 Å². The van der Waals surface area contributed by atoms with E-state index in [1.54, 1.807) is 23.9 Å². The van der Waals surface area contributed by atoms with Gasteiger partial charge in [-0.2, -0.15) is 11.8 Å². The number of thioether (sulfide) groups is 1. The van der Waals surface area contributed by atoms with Gasteiger partial charge in [0.25, 0.3) is 0 Å². The van der Waals surface area contributed by atoms with E-state index in [2.05, 4.69) is 10.6 Å². The largest absolute Gasteiger partial charge is 0.352 e. The normalized spacial score (nSPS) is 11.8. The molecule has 5 nitrogen and oxygen atoms in total. The van der Waals surface area contributed by atoms with Crippen molar-refractivity contribution in [1.82, 2.24) is 5.32 Å². The van der Waals surface area contributed by atoms with Gasteiger partial charge in [0.1, 0.15) is 6.04 Å². The van der Waals surface area contributed by atoms with E-state index in [4.69, 9.17) is 28.9 Å². The molecule has 0 saturated heterocycles. The van der Waals surface area contributed by atoms with Crippen LogP contribution >= 0.6 is 35.0 Å². The summed E-state index contributed by atoms with van der Waals surface area (Å²) in [5.74, 6) is 0.371. The number of benzene rings is 1. The van der Waals surface area contributed by atoms with Crippen molar-refractivity contribution in [2.45, 2.75) is 12.5 Å². The van der Waals surface area contributed by atoms with E-state index in [0.29, 0.717) is 22.2 Å². The predicted octanol–water partition coefficient (Wildman–Crippen LogP) is 2.72. The predicted molar refractivity (Wildman–Crippen MR) is 84.6 cm³/mol. The van der Waals surface area contributed by atoms with Crippen LogP contribution in [0.4, 0.5) is 10.5 Å². The summed E-state index contributed by atoms with van der Waals surface area (Å²) in [5, 5.41) is 5.82. The zero-order valence-corrected chi connectivity index (χ0v) is 13.1. The monoisotopic (exact) mass is 335 g/mol. The van der Waals surface area contributed by atoms with Gasteiger partial charge in [-0.25, -0.2) is 4.79 Å². The van der Waals surface area contributed by atoms with Crippen molar-refractivity contribution >= 4 is 52.6 Å². The second-order valence-electron chi connectivity index (χ2n) is 3.96. The number of nitrogens with one attached hydrogen (secondary N) is 2. The molecule has 0 radical (unpaired) electrons. The quantitative estimate of drug-likeness (QED) is 0.747. The third-order valence-corrected chi connectivity index (χ3v) is 3.81. The first-order valence-corrected chi connectivity index (χ1v) is 7.90. The first kappa shape index (κ1) is 16.9. The van der Waals surface area contributed by atoms with Gasteiger partial charge in [0.05, 0.1) is 10.0 Å². The maximum Gasteiger partial charge on any atom is 0.312 e. The number of amides is 3. The molecule has 1 rings (SSSR count). The van der Waals surface area contributed by atoms with Crippen molar-refractivity contribution in [2.24, 2.45) is 5.73 Å². The zero-order chi connectivity index (χ0) is 15.1. The van der Waals surface area contributed by atoms with Gasteiger partial charge < -0.3 is 16.4 Å². The van der Waals surface area contributed by atoms with Crippen molar-refractivity contribution in [1.29, 1.82) is 0 Å². The summed E-state index contributed by atoms with van der Waals surface area (Å²) in [6.45, 7) is 0. The minimum absolute atomic E-state index is 0.341. The Kier molecular flexibility index (Phi) is 6.98. The molecule has 1 atom stereocenters. The van der Waals surface area contributed by atoms with Crippen LogP contribution < -0.4 is 16.4 Å². The number of primary amides is 1. The Bertz CT molecular complexity index is 500. The summed E-state index contributed by atoms with van der Waals surface area (Å²) in [4.78, 5) is 23.0. The summed E-state index contributed by atoms with van der Waals surface area (Å²) in [5.41, 5.74) is 5.57. The molecule has 0 aromatic heterocycles. The lowest BCUT2D eigenvalue weighted by atomic mass is 10.2. The molecule has 3 amide bonds. The smallest absolute Gasteiger partial charge is 0.312 e. The lowest BCUT2D eigenvalue weighted by molar-refractivity contribution is -0.117. The van der Waals surface area contributed by atoms with Crippen LogP contribution in [0.15, 0.2) is 18.2 Å². The minimum Gasteiger partial charge on any atom is -0.352 e. The molecule has 20 heavy (non-hydrogen) atoms. The number of nitrogens with two attached hydrogens (primary N) is 1. The molecular formula is C12H15Cl2N3O2S. The first-order chi connectivity index (χ1) is 9.43. The minimum atomic E-state index is -0.736. The lowest BCUT2D eigenvalue weighted by Crippen LogP contribution is -2.46. The van der Waals surface area contributed by atoms with Gasteiger partial charge in [0.2, 0.25) is 5.91 Å². The van der Waals surface area contributed by atoms with Crippen molar-refractivity contribution in [3.63, 3.8) is 0 Å². The Hall–Kier alpha value is -1.11. The summed E-state index contributed by atoms with van der Waals surface area (Å²) in [6, 6.07) is 3.33. The first-order valence-electron chi connectivity index (χ1n) is 5.75. The van der Waals surface area contributed by atoms with E-state index < -0.39 is 12.1 Å². The zero-order valence-electron chi connectivity index (χ0n) is 10.8. The van der Waals surface area contributed by atoms with Crippen molar-refractivity contribution in [3.05, 3.63) is 28.2 Å². The average Bonchev–Trinajstić information content (AvgIpc) is 2.38. The molecule has 0 spiro atoms. The summed E-state index contributed by atoms with van der Waals surface area (Å²) >= 11 is 13.2. The molecule has 0 aliphatic heterocycles. The van der Waals surface area contributed by atoms with Crippen LogP contribution in [0.1, 0.15) is 6.42 Å². The number of urea groups is 1. The highest BCUT2D eigenvalue weighted by Crippen LogP contribution is 2.25. The van der Waals surface area contributed by atoms with Crippen molar-refractivity contribution in [2.75, 3.05) is 17.3 Å². The third kappa shape index (κ3) is 5.48. The molecule has 1 unspecified atom stereocenters. The highest BCUT2D eigenvalue weighted by atomic mass is 35.5. The highest BCUT2D eigenvalue weighted by molar-refractivity contribution is 7.98. The molecule has 0 saturated carbocycles. The van der Waals surface area contributed by atoms with Crippen LogP contribution in [0.2, 0.25) is 10.0 Å². The number of hydrogen-bond acceptors (Lipinski definition) is 3. The molecule has 1 aromatic carbocycles. The number of carbonyl (C=O) groups excluding carboxylic acids is 2. The summed E-state index contributed by atoms with van der Waals surface area (Å²) in [7, 11) is 0. The number of carbonyl (C=O) groups is 2. The second-order valence-corrected chi connectivity index (χ2v) is 5.76. The molecular weight excluding hydrogens is 321 g/mol. The van der Waals surface area contributed by atoms with E-state index in [1.807, 2.05) is 6.26 Å². The van der Waals surface area contributed by atoms with E-state index in [0.717, 1.165) is 5.75 Å². The van der Waals surface area contributed by atoms with Crippen LogP contribution in [0.5, 0.6) is 0 Å². The third-order valence-electron chi connectivity index (χ3n) is 2.43. The fraction of sp³-hybridized carbons (Fsp3) is 0.333. The van der Waals surface area contributed by atoms with Crippen molar-refractivity contribution in [3.8, 4) is 0 Å². The van der Waals surface area contributed by atoms with Gasteiger partial charge in [-0.1, -0.05) is 23.2 Å². The molecule has 0 fully saturated rings. The Balaban J connectivity index is 2.73. The molecule has 0 aliphatic rings. The Morgan fingerprint density at radius 3 is 2.60 bits per heavy atom. The van der Waals surface area contributed by atoms with Gasteiger partial charge in [0.15, 0.2) is 0 Å². The second kappa shape index (κ2) is 8.24. The van der Waals surface area contributed by atoms with Crippen LogP contribution in [-0.2, 0) is 4.79 Å². The van der Waals surface area contributed by atoms with Gasteiger partial charge in [-0.15, -0.1) is 0 Å². The van der Waals surface area contributed by atoms with E-state index in [1.165, 1.54) is 6.07 Å². The molecule has 0 bridgehead atoms. The molecule has 1 aromatic rings. The van der Waals surface area contributed by atoms with Gasteiger partial charge in [0, 0.05) is 5.69 Å². The number of hydrogen-bond donors (Lipinski definition) is 3. The van der Waals surface area contributed by atoms with E-state index >= 15 is 0 Å². The SMILES string of the molecule is CSCCC(NC(N)=O)C(=O)Nc1ccc(Cl)c(Cl)c1. The highest BCUT2D eigenvalue weighted by Gasteiger charge is 2.19. The van der Waals surface area contributed by atoms with Crippen LogP contribution in [-0.4, -0.2) is 30.0 Å². The molecule has 4 N–H and O–H groups in total. The van der Waals surface area contributed by atoms with Gasteiger partial charge in [-0.05, 0) is 36.6 Å².